The van der Waals surface area contributed by atoms with Crippen LogP contribution in [-0.2, 0) is 16.0 Å². The number of carbonyl (C=O) groups is 2. The highest BCUT2D eigenvalue weighted by Gasteiger charge is 2.32. The Labute approximate surface area is 178 Å². The topological polar surface area (TPSA) is 58.6 Å². The van der Waals surface area contributed by atoms with E-state index in [2.05, 4.69) is 42.6 Å². The molecule has 0 unspecified atom stereocenters. The number of hydrogen-bond acceptors (Lipinski definition) is 3. The fraction of sp³-hybridized carbons (Fsp3) is 0.440. The van der Waals surface area contributed by atoms with E-state index in [1.165, 1.54) is 11.1 Å². The quantitative estimate of drug-likeness (QED) is 0.791. The molecule has 1 heterocycles. The number of aryl methyl sites for hydroxylation is 1. The van der Waals surface area contributed by atoms with E-state index >= 15 is 0 Å². The fourth-order valence-corrected chi connectivity index (χ4v) is 4.05. The first-order valence-electron chi connectivity index (χ1n) is 10.9. The van der Waals surface area contributed by atoms with Crippen molar-refractivity contribution in [3.63, 3.8) is 0 Å². The van der Waals surface area contributed by atoms with Crippen molar-refractivity contribution in [3.05, 3.63) is 64.7 Å². The lowest BCUT2D eigenvalue weighted by molar-refractivity contribution is -0.133. The van der Waals surface area contributed by atoms with Gasteiger partial charge in [-0.15, -0.1) is 0 Å². The van der Waals surface area contributed by atoms with Crippen LogP contribution in [0.5, 0.6) is 5.75 Å². The molecule has 0 bridgehead atoms. The predicted octanol–water partition coefficient (Wildman–Crippen LogP) is 3.93. The van der Waals surface area contributed by atoms with Crippen molar-refractivity contribution in [3.8, 4) is 5.75 Å². The number of amides is 2. The summed E-state index contributed by atoms with van der Waals surface area (Å²) in [6.45, 7) is 6.46. The number of benzene rings is 2. The third-order valence-electron chi connectivity index (χ3n) is 5.97. The van der Waals surface area contributed by atoms with Crippen molar-refractivity contribution in [1.29, 1.82) is 0 Å². The number of nitrogens with one attached hydrogen (secondary N) is 1. The summed E-state index contributed by atoms with van der Waals surface area (Å²) in [5, 5.41) is 2.99. The normalized spacial score (nSPS) is 19.0. The number of carbonyl (C=O) groups excluding carboxylic acids is 2. The molecule has 5 heteroatoms. The van der Waals surface area contributed by atoms with E-state index in [1.54, 1.807) is 6.92 Å². The van der Waals surface area contributed by atoms with Gasteiger partial charge >= 0.3 is 0 Å². The Morgan fingerprint density at radius 1 is 1.17 bits per heavy atom. The van der Waals surface area contributed by atoms with Crippen molar-refractivity contribution >= 4 is 11.8 Å². The summed E-state index contributed by atoms with van der Waals surface area (Å²) in [6.07, 6.45) is 2.85. The van der Waals surface area contributed by atoms with Gasteiger partial charge in [0.05, 0.1) is 6.04 Å². The van der Waals surface area contributed by atoms with E-state index in [0.29, 0.717) is 24.8 Å². The number of nitrogens with zero attached hydrogens (tertiary/aromatic N) is 1. The van der Waals surface area contributed by atoms with Crippen LogP contribution >= 0.6 is 0 Å². The second kappa shape index (κ2) is 8.50. The van der Waals surface area contributed by atoms with Crippen LogP contribution in [0, 0.1) is 6.92 Å². The van der Waals surface area contributed by atoms with E-state index in [-0.39, 0.29) is 17.9 Å². The minimum atomic E-state index is -0.557. The Morgan fingerprint density at radius 3 is 2.57 bits per heavy atom. The first kappa shape index (κ1) is 20.5. The summed E-state index contributed by atoms with van der Waals surface area (Å²) >= 11 is 0. The van der Waals surface area contributed by atoms with Gasteiger partial charge in [-0.3, -0.25) is 9.59 Å². The van der Waals surface area contributed by atoms with Crippen LogP contribution in [0.25, 0.3) is 0 Å². The fourth-order valence-electron chi connectivity index (χ4n) is 4.05. The highest BCUT2D eigenvalue weighted by Crippen LogP contribution is 2.37. The Bertz CT molecular complexity index is 934. The molecule has 1 aliphatic carbocycles. The van der Waals surface area contributed by atoms with Crippen molar-refractivity contribution in [2.24, 2.45) is 0 Å². The van der Waals surface area contributed by atoms with Crippen LogP contribution < -0.4 is 10.1 Å². The third-order valence-corrected chi connectivity index (χ3v) is 5.97. The Balaban J connectivity index is 1.64. The van der Waals surface area contributed by atoms with Crippen LogP contribution in [0.15, 0.2) is 42.5 Å². The molecule has 2 amide bonds. The second-order valence-corrected chi connectivity index (χ2v) is 8.41. The summed E-state index contributed by atoms with van der Waals surface area (Å²) in [4.78, 5) is 27.0. The lowest BCUT2D eigenvalue weighted by Crippen LogP contribution is -2.40. The molecule has 30 heavy (non-hydrogen) atoms. The molecule has 0 radical (unpaired) electrons. The first-order chi connectivity index (χ1) is 14.5. The van der Waals surface area contributed by atoms with Crippen molar-refractivity contribution in [2.45, 2.75) is 64.6 Å². The van der Waals surface area contributed by atoms with E-state index in [9.17, 15) is 9.59 Å². The monoisotopic (exact) mass is 406 g/mol. The zero-order valence-corrected chi connectivity index (χ0v) is 18.0. The van der Waals surface area contributed by atoms with Gasteiger partial charge in [-0.1, -0.05) is 42.8 Å². The summed E-state index contributed by atoms with van der Waals surface area (Å²) < 4.78 is 5.98. The third kappa shape index (κ3) is 4.35. The molecular weight excluding hydrogens is 376 g/mol. The second-order valence-electron chi connectivity index (χ2n) is 8.41. The van der Waals surface area contributed by atoms with Gasteiger partial charge in [0.1, 0.15) is 5.75 Å². The van der Waals surface area contributed by atoms with Gasteiger partial charge in [-0.05, 0) is 61.9 Å². The van der Waals surface area contributed by atoms with Crippen LogP contribution in [0.2, 0.25) is 0 Å². The maximum Gasteiger partial charge on any atom is 0.260 e. The number of ether oxygens (including phenoxy) is 1. The molecule has 2 aliphatic rings. The summed E-state index contributed by atoms with van der Waals surface area (Å²) in [5.74, 6) is 0.734. The smallest absolute Gasteiger partial charge is 0.260 e. The van der Waals surface area contributed by atoms with Gasteiger partial charge in [0.15, 0.2) is 6.10 Å². The Morgan fingerprint density at radius 2 is 1.90 bits per heavy atom. The number of fused-ring (bicyclic) bond motifs is 1. The molecule has 0 aromatic heterocycles. The van der Waals surface area contributed by atoms with Crippen LogP contribution in [0.3, 0.4) is 0 Å². The Hall–Kier alpha value is -2.82. The minimum absolute atomic E-state index is 0.0758. The molecule has 0 spiro atoms. The first-order valence-corrected chi connectivity index (χ1v) is 10.9. The molecule has 158 valence electrons. The van der Waals surface area contributed by atoms with E-state index in [4.69, 9.17) is 4.74 Å². The van der Waals surface area contributed by atoms with E-state index < -0.39 is 6.10 Å². The van der Waals surface area contributed by atoms with Gasteiger partial charge < -0.3 is 15.0 Å². The van der Waals surface area contributed by atoms with Crippen LogP contribution in [0.4, 0.5) is 0 Å². The molecule has 2 aromatic rings. The maximum atomic E-state index is 12.7. The van der Waals surface area contributed by atoms with E-state index in [0.717, 1.165) is 30.4 Å². The predicted molar refractivity (Wildman–Crippen MR) is 116 cm³/mol. The zero-order valence-electron chi connectivity index (χ0n) is 18.0. The molecule has 0 saturated heterocycles. The van der Waals surface area contributed by atoms with Gasteiger partial charge in [0.2, 0.25) is 5.91 Å². The Kier molecular flexibility index (Phi) is 5.80. The standard InChI is InChI=1S/C25H30N2O3/c1-4-23(28)27-14-13-18-9-12-21(30-17(3)25(29)26-20-10-11-20)15-22(18)24(27)19-7-5-16(2)6-8-19/h5-9,12,15,17,20,24H,4,10-11,13-14H2,1-3H3,(H,26,29)/t17-,24+/m0/s1. The van der Waals surface area contributed by atoms with Crippen LogP contribution in [-0.4, -0.2) is 35.4 Å². The lowest BCUT2D eigenvalue weighted by atomic mass is 9.87. The summed E-state index contributed by atoms with van der Waals surface area (Å²) in [5.41, 5.74) is 4.60. The minimum Gasteiger partial charge on any atom is -0.481 e. The highest BCUT2D eigenvalue weighted by molar-refractivity contribution is 5.81. The van der Waals surface area contributed by atoms with Gasteiger partial charge in [-0.25, -0.2) is 0 Å². The van der Waals surface area contributed by atoms with Gasteiger partial charge in [0.25, 0.3) is 5.91 Å². The molecule has 1 fully saturated rings. The molecule has 4 rings (SSSR count). The largest absolute Gasteiger partial charge is 0.481 e. The van der Waals surface area contributed by atoms with Gasteiger partial charge in [0, 0.05) is 19.0 Å². The van der Waals surface area contributed by atoms with E-state index in [1.807, 2.05) is 24.0 Å². The molecule has 5 nitrogen and oxygen atoms in total. The average molecular weight is 407 g/mol. The molecular formula is C25H30N2O3. The summed E-state index contributed by atoms with van der Waals surface area (Å²) in [7, 11) is 0. The molecule has 2 aromatic carbocycles. The van der Waals surface area contributed by atoms with Crippen molar-refractivity contribution < 1.29 is 14.3 Å². The van der Waals surface area contributed by atoms with Crippen LogP contribution in [0.1, 0.15) is 61.4 Å². The van der Waals surface area contributed by atoms with Crippen molar-refractivity contribution in [2.75, 3.05) is 6.54 Å². The maximum absolute atomic E-state index is 12.7. The highest BCUT2D eigenvalue weighted by atomic mass is 16.5. The molecule has 1 aliphatic heterocycles. The van der Waals surface area contributed by atoms with Gasteiger partial charge in [-0.2, -0.15) is 0 Å². The van der Waals surface area contributed by atoms with Crippen molar-refractivity contribution in [1.82, 2.24) is 10.2 Å². The SMILES string of the molecule is CCC(=O)N1CCc2ccc(O[C@@H](C)C(=O)NC3CC3)cc2[C@H]1c1ccc(C)cc1. The average Bonchev–Trinajstić information content (AvgIpc) is 3.57. The number of rotatable bonds is 6. The molecule has 2 atom stereocenters. The number of hydrogen-bond donors (Lipinski definition) is 1. The lowest BCUT2D eigenvalue weighted by Gasteiger charge is -2.38. The zero-order chi connectivity index (χ0) is 21.3. The molecule has 1 saturated carbocycles. The summed E-state index contributed by atoms with van der Waals surface area (Å²) in [6, 6.07) is 14.6. The molecule has 1 N–H and O–H groups in total.